The van der Waals surface area contributed by atoms with E-state index in [1.165, 1.54) is 0 Å². The van der Waals surface area contributed by atoms with Crippen molar-refractivity contribution in [1.29, 1.82) is 0 Å². The molecule has 0 unspecified atom stereocenters. The molecule has 0 saturated carbocycles. The van der Waals surface area contributed by atoms with Gasteiger partial charge in [-0.3, -0.25) is 0 Å². The molecule has 3 heteroatoms. The normalized spacial score (nSPS) is 12.5. The summed E-state index contributed by atoms with van der Waals surface area (Å²) in [6.07, 6.45) is 0. The molecule has 0 aliphatic rings. The Labute approximate surface area is 124 Å². The van der Waals surface area contributed by atoms with Crippen molar-refractivity contribution in [3.63, 3.8) is 0 Å². The van der Waals surface area contributed by atoms with Gasteiger partial charge in [0.1, 0.15) is 17.1 Å². The third kappa shape index (κ3) is 2.93. The van der Waals surface area contributed by atoms with Crippen molar-refractivity contribution in [3.8, 4) is 5.75 Å². The van der Waals surface area contributed by atoms with Crippen LogP contribution in [-0.2, 0) is 6.54 Å². The van der Waals surface area contributed by atoms with Crippen LogP contribution < -0.4 is 10.1 Å². The monoisotopic (exact) mass is 281 g/mol. The van der Waals surface area contributed by atoms with E-state index in [0.717, 1.165) is 28.0 Å². The van der Waals surface area contributed by atoms with Crippen molar-refractivity contribution in [2.45, 2.75) is 19.5 Å². The molecule has 21 heavy (non-hydrogen) atoms. The molecule has 108 valence electrons. The van der Waals surface area contributed by atoms with Crippen LogP contribution in [0.5, 0.6) is 5.75 Å². The number of furan rings is 1. The molecule has 0 aliphatic heterocycles. The van der Waals surface area contributed by atoms with Gasteiger partial charge in [0.2, 0.25) is 0 Å². The van der Waals surface area contributed by atoms with E-state index in [1.54, 1.807) is 7.11 Å². The molecule has 2 aromatic carbocycles. The maximum absolute atomic E-state index is 5.82. The zero-order chi connectivity index (χ0) is 14.7. The second-order valence-corrected chi connectivity index (χ2v) is 5.10. The fourth-order valence-corrected chi connectivity index (χ4v) is 2.51. The molecule has 0 spiro atoms. The first kappa shape index (κ1) is 13.7. The van der Waals surface area contributed by atoms with Crippen molar-refractivity contribution in [2.75, 3.05) is 7.11 Å². The number of methoxy groups -OCH3 is 1. The summed E-state index contributed by atoms with van der Waals surface area (Å²) in [4.78, 5) is 0. The Morgan fingerprint density at radius 2 is 1.86 bits per heavy atom. The molecule has 1 N–H and O–H groups in total. The van der Waals surface area contributed by atoms with E-state index in [2.05, 4.69) is 30.4 Å². The van der Waals surface area contributed by atoms with Crippen LogP contribution in [0, 0.1) is 0 Å². The van der Waals surface area contributed by atoms with Crippen molar-refractivity contribution in [1.82, 2.24) is 5.32 Å². The summed E-state index contributed by atoms with van der Waals surface area (Å²) in [6, 6.07) is 18.4. The van der Waals surface area contributed by atoms with E-state index in [1.807, 2.05) is 36.4 Å². The molecular weight excluding hydrogens is 262 g/mol. The number of benzene rings is 2. The zero-order valence-electron chi connectivity index (χ0n) is 12.3. The number of fused-ring (bicyclic) bond motifs is 1. The van der Waals surface area contributed by atoms with Gasteiger partial charge in [-0.25, -0.2) is 0 Å². The first-order valence-electron chi connectivity index (χ1n) is 7.11. The Kier molecular flexibility index (Phi) is 3.93. The Balaban J connectivity index is 1.72. The van der Waals surface area contributed by atoms with Gasteiger partial charge in [-0.2, -0.15) is 0 Å². The highest BCUT2D eigenvalue weighted by atomic mass is 16.5. The summed E-state index contributed by atoms with van der Waals surface area (Å²) in [7, 11) is 1.70. The SMILES string of the molecule is COc1ccccc1[C@H](C)NCc1cc2ccccc2o1. The lowest BCUT2D eigenvalue weighted by Gasteiger charge is -2.16. The molecule has 0 bridgehead atoms. The average molecular weight is 281 g/mol. The fraction of sp³-hybridized carbons (Fsp3) is 0.222. The maximum Gasteiger partial charge on any atom is 0.134 e. The Bertz CT molecular complexity index is 700. The highest BCUT2D eigenvalue weighted by Gasteiger charge is 2.11. The van der Waals surface area contributed by atoms with Gasteiger partial charge in [0.25, 0.3) is 0 Å². The molecule has 1 aromatic heterocycles. The summed E-state index contributed by atoms with van der Waals surface area (Å²) in [6.45, 7) is 2.81. The van der Waals surface area contributed by atoms with E-state index in [0.29, 0.717) is 6.54 Å². The molecule has 0 fully saturated rings. The highest BCUT2D eigenvalue weighted by molar-refractivity contribution is 5.77. The molecule has 3 aromatic rings. The van der Waals surface area contributed by atoms with Crippen molar-refractivity contribution in [3.05, 3.63) is 65.9 Å². The number of nitrogens with one attached hydrogen (secondary N) is 1. The van der Waals surface area contributed by atoms with Crippen LogP contribution in [0.1, 0.15) is 24.3 Å². The fourth-order valence-electron chi connectivity index (χ4n) is 2.51. The summed E-state index contributed by atoms with van der Waals surface area (Å²) < 4.78 is 11.2. The second-order valence-electron chi connectivity index (χ2n) is 5.10. The lowest BCUT2D eigenvalue weighted by molar-refractivity contribution is 0.399. The number of para-hydroxylation sites is 2. The molecule has 3 rings (SSSR count). The van der Waals surface area contributed by atoms with Crippen molar-refractivity contribution < 1.29 is 9.15 Å². The maximum atomic E-state index is 5.82. The molecule has 0 saturated heterocycles. The van der Waals surface area contributed by atoms with E-state index < -0.39 is 0 Å². The first-order valence-corrected chi connectivity index (χ1v) is 7.11. The van der Waals surface area contributed by atoms with E-state index in [-0.39, 0.29) is 6.04 Å². The second kappa shape index (κ2) is 6.02. The van der Waals surface area contributed by atoms with E-state index in [4.69, 9.17) is 9.15 Å². The molecule has 3 nitrogen and oxygen atoms in total. The molecule has 1 atom stereocenters. The summed E-state index contributed by atoms with van der Waals surface area (Å²) >= 11 is 0. The van der Waals surface area contributed by atoms with E-state index >= 15 is 0 Å². The first-order chi connectivity index (χ1) is 10.3. The van der Waals surface area contributed by atoms with Gasteiger partial charge in [0, 0.05) is 17.0 Å². The van der Waals surface area contributed by atoms with Crippen LogP contribution in [0.3, 0.4) is 0 Å². The van der Waals surface area contributed by atoms with Crippen LogP contribution in [-0.4, -0.2) is 7.11 Å². The molecule has 0 amide bonds. The van der Waals surface area contributed by atoms with Crippen LogP contribution >= 0.6 is 0 Å². The Morgan fingerprint density at radius 3 is 2.67 bits per heavy atom. The average Bonchev–Trinajstić information content (AvgIpc) is 2.95. The minimum atomic E-state index is 0.189. The minimum Gasteiger partial charge on any atom is -0.496 e. The lowest BCUT2D eigenvalue weighted by atomic mass is 10.1. The molecular formula is C18H19NO2. The van der Waals surface area contributed by atoms with E-state index in [9.17, 15) is 0 Å². The standard InChI is InChI=1S/C18H19NO2/c1-13(16-8-4-6-10-18(16)20-2)19-12-15-11-14-7-3-5-9-17(14)21-15/h3-11,13,19H,12H2,1-2H3/t13-/m0/s1. The van der Waals surface area contributed by atoms with Gasteiger partial charge in [-0.1, -0.05) is 36.4 Å². The Morgan fingerprint density at radius 1 is 1.10 bits per heavy atom. The molecule has 0 radical (unpaired) electrons. The lowest BCUT2D eigenvalue weighted by Crippen LogP contribution is -2.18. The van der Waals surface area contributed by atoms with Crippen molar-refractivity contribution >= 4 is 11.0 Å². The number of hydrogen-bond donors (Lipinski definition) is 1. The third-order valence-corrected chi connectivity index (χ3v) is 3.66. The third-order valence-electron chi connectivity index (χ3n) is 3.66. The van der Waals surface area contributed by atoms with Crippen molar-refractivity contribution in [2.24, 2.45) is 0 Å². The molecule has 1 heterocycles. The molecule has 0 aliphatic carbocycles. The van der Waals surface area contributed by atoms with Crippen LogP contribution in [0.25, 0.3) is 11.0 Å². The summed E-state index contributed by atoms with van der Waals surface area (Å²) in [5, 5.41) is 4.62. The predicted octanol–water partition coefficient (Wildman–Crippen LogP) is 4.29. The van der Waals surface area contributed by atoms with Gasteiger partial charge in [0.05, 0.1) is 13.7 Å². The topological polar surface area (TPSA) is 34.4 Å². The van der Waals surface area contributed by atoms with Gasteiger partial charge < -0.3 is 14.5 Å². The van der Waals surface area contributed by atoms with Gasteiger partial charge in [-0.15, -0.1) is 0 Å². The number of hydrogen-bond acceptors (Lipinski definition) is 3. The van der Waals surface area contributed by atoms with Crippen LogP contribution in [0.2, 0.25) is 0 Å². The highest BCUT2D eigenvalue weighted by Crippen LogP contribution is 2.25. The summed E-state index contributed by atoms with van der Waals surface area (Å²) in [5.41, 5.74) is 2.08. The van der Waals surface area contributed by atoms with Gasteiger partial charge in [0.15, 0.2) is 0 Å². The zero-order valence-corrected chi connectivity index (χ0v) is 12.3. The number of ether oxygens (including phenoxy) is 1. The Hall–Kier alpha value is -2.26. The summed E-state index contributed by atoms with van der Waals surface area (Å²) in [5.74, 6) is 1.85. The van der Waals surface area contributed by atoms with Gasteiger partial charge >= 0.3 is 0 Å². The largest absolute Gasteiger partial charge is 0.496 e. The van der Waals surface area contributed by atoms with Crippen LogP contribution in [0.4, 0.5) is 0 Å². The van der Waals surface area contributed by atoms with Crippen LogP contribution in [0.15, 0.2) is 59.0 Å². The smallest absolute Gasteiger partial charge is 0.134 e. The number of rotatable bonds is 5. The minimum absolute atomic E-state index is 0.189. The predicted molar refractivity (Wildman–Crippen MR) is 84.5 cm³/mol. The van der Waals surface area contributed by atoms with Gasteiger partial charge in [-0.05, 0) is 25.1 Å². The quantitative estimate of drug-likeness (QED) is 0.757.